The average Bonchev–Trinajstić information content (AvgIpc) is 3.19. The van der Waals surface area contributed by atoms with Gasteiger partial charge in [0.2, 0.25) is 5.89 Å². The predicted molar refractivity (Wildman–Crippen MR) is 93.9 cm³/mol. The first kappa shape index (κ1) is 14.7. The van der Waals surface area contributed by atoms with Crippen LogP contribution in [0.2, 0.25) is 0 Å². The van der Waals surface area contributed by atoms with Gasteiger partial charge in [-0.3, -0.25) is 0 Å². The fourth-order valence-corrected chi connectivity index (χ4v) is 2.89. The van der Waals surface area contributed by atoms with Gasteiger partial charge >= 0.3 is 5.97 Å². The Bertz CT molecular complexity index is 1050. The summed E-state index contributed by atoms with van der Waals surface area (Å²) < 4.78 is 6.75. The summed E-state index contributed by atoms with van der Waals surface area (Å²) >= 11 is 3.37. The van der Waals surface area contributed by atoms with Gasteiger partial charge in [0.05, 0.1) is 0 Å². The molecule has 0 radical (unpaired) electrons. The van der Waals surface area contributed by atoms with Gasteiger partial charge in [-0.15, -0.1) is 0 Å². The van der Waals surface area contributed by atoms with E-state index in [1.165, 1.54) is 0 Å². The first-order chi connectivity index (χ1) is 11.6. The maximum Gasteiger partial charge on any atom is 0.358 e. The zero-order valence-electron chi connectivity index (χ0n) is 12.3. The summed E-state index contributed by atoms with van der Waals surface area (Å²) in [6.45, 7) is 0. The van der Waals surface area contributed by atoms with E-state index in [0.29, 0.717) is 11.1 Å². The Balaban J connectivity index is 1.91. The van der Waals surface area contributed by atoms with Gasteiger partial charge < -0.3 is 14.5 Å². The summed E-state index contributed by atoms with van der Waals surface area (Å²) in [7, 11) is 0. The fourth-order valence-electron chi connectivity index (χ4n) is 2.62. The van der Waals surface area contributed by atoms with Crippen LogP contribution in [-0.2, 0) is 0 Å². The number of H-pyrrole nitrogens is 1. The zero-order chi connectivity index (χ0) is 16.7. The Hall–Kier alpha value is -2.86. The van der Waals surface area contributed by atoms with Gasteiger partial charge in [-0.1, -0.05) is 34.1 Å². The molecule has 24 heavy (non-hydrogen) atoms. The Kier molecular flexibility index (Phi) is 3.46. The lowest BCUT2D eigenvalue weighted by atomic mass is 10.1. The van der Waals surface area contributed by atoms with Crippen molar-refractivity contribution in [2.24, 2.45) is 0 Å². The van der Waals surface area contributed by atoms with E-state index < -0.39 is 5.97 Å². The number of carboxylic acid groups (broad SMARTS) is 1. The number of hydrogen-bond acceptors (Lipinski definition) is 3. The number of hydrogen-bond donors (Lipinski definition) is 2. The number of aromatic amines is 1. The van der Waals surface area contributed by atoms with E-state index in [-0.39, 0.29) is 17.3 Å². The molecule has 4 rings (SSSR count). The van der Waals surface area contributed by atoms with Crippen LogP contribution in [0.5, 0.6) is 0 Å². The van der Waals surface area contributed by atoms with E-state index in [1.54, 1.807) is 6.20 Å². The average molecular weight is 383 g/mol. The highest BCUT2D eigenvalue weighted by atomic mass is 79.9. The minimum Gasteiger partial charge on any atom is -0.476 e. The van der Waals surface area contributed by atoms with Gasteiger partial charge in [0.1, 0.15) is 0 Å². The summed E-state index contributed by atoms with van der Waals surface area (Å²) in [6.07, 6.45) is 1.74. The van der Waals surface area contributed by atoms with Crippen LogP contribution in [0.4, 0.5) is 0 Å². The fraction of sp³-hybridized carbons (Fsp3) is 0. The van der Waals surface area contributed by atoms with Crippen LogP contribution in [0.3, 0.4) is 0 Å². The lowest BCUT2D eigenvalue weighted by Gasteiger charge is -1.97. The monoisotopic (exact) mass is 382 g/mol. The number of rotatable bonds is 3. The number of halogens is 1. The lowest BCUT2D eigenvalue weighted by Crippen LogP contribution is -1.98. The molecule has 0 atom stereocenters. The minimum atomic E-state index is -1.12. The molecule has 2 N–H and O–H groups in total. The highest BCUT2D eigenvalue weighted by Crippen LogP contribution is 2.34. The molecule has 0 saturated heterocycles. The summed E-state index contributed by atoms with van der Waals surface area (Å²) in [5.41, 5.74) is 2.20. The molecule has 0 bridgehead atoms. The SMILES string of the molecule is O=C(O)c1nc(-c2ccc(Br)cc2)oc1-c1c[nH]c2ccccc12. The van der Waals surface area contributed by atoms with Crippen molar-refractivity contribution in [1.82, 2.24) is 9.97 Å². The number of oxazole rings is 1. The van der Waals surface area contributed by atoms with E-state index in [1.807, 2.05) is 48.5 Å². The third kappa shape index (κ3) is 2.41. The maximum absolute atomic E-state index is 11.6. The van der Waals surface area contributed by atoms with Crippen molar-refractivity contribution in [3.63, 3.8) is 0 Å². The molecule has 2 heterocycles. The quantitative estimate of drug-likeness (QED) is 0.525. The molecule has 0 aliphatic carbocycles. The number of carboxylic acids is 1. The van der Waals surface area contributed by atoms with E-state index in [2.05, 4.69) is 25.9 Å². The predicted octanol–water partition coefficient (Wildman–Crippen LogP) is 4.95. The normalized spacial score (nSPS) is 11.0. The number of nitrogens with one attached hydrogen (secondary N) is 1. The van der Waals surface area contributed by atoms with Crippen molar-refractivity contribution in [2.75, 3.05) is 0 Å². The van der Waals surface area contributed by atoms with Gasteiger partial charge in [0.15, 0.2) is 11.5 Å². The van der Waals surface area contributed by atoms with Crippen LogP contribution in [0.15, 0.2) is 63.6 Å². The van der Waals surface area contributed by atoms with Gasteiger partial charge in [0.25, 0.3) is 0 Å². The zero-order valence-corrected chi connectivity index (χ0v) is 13.9. The van der Waals surface area contributed by atoms with Crippen LogP contribution in [0.1, 0.15) is 10.5 Å². The van der Waals surface area contributed by atoms with E-state index in [9.17, 15) is 9.90 Å². The molecule has 0 amide bonds. The number of nitrogens with zero attached hydrogens (tertiary/aromatic N) is 1. The Morgan fingerprint density at radius 2 is 1.88 bits per heavy atom. The summed E-state index contributed by atoms with van der Waals surface area (Å²) in [6, 6.07) is 15.0. The topological polar surface area (TPSA) is 79.1 Å². The second-order valence-corrected chi connectivity index (χ2v) is 6.17. The summed E-state index contributed by atoms with van der Waals surface area (Å²) in [5, 5.41) is 10.4. The number of aromatic nitrogens is 2. The molecule has 0 aliphatic heterocycles. The van der Waals surface area contributed by atoms with Gasteiger partial charge in [-0.2, -0.15) is 0 Å². The Morgan fingerprint density at radius 1 is 1.12 bits per heavy atom. The van der Waals surface area contributed by atoms with Crippen molar-refractivity contribution >= 4 is 32.8 Å². The highest BCUT2D eigenvalue weighted by Gasteiger charge is 2.23. The molecule has 2 aromatic heterocycles. The Labute approximate surface area is 145 Å². The molecule has 0 fully saturated rings. The second-order valence-electron chi connectivity index (χ2n) is 5.26. The lowest BCUT2D eigenvalue weighted by molar-refractivity contribution is 0.0691. The maximum atomic E-state index is 11.6. The Morgan fingerprint density at radius 3 is 2.62 bits per heavy atom. The largest absolute Gasteiger partial charge is 0.476 e. The van der Waals surface area contributed by atoms with Gasteiger partial charge in [-0.25, -0.2) is 9.78 Å². The first-order valence-electron chi connectivity index (χ1n) is 7.20. The van der Waals surface area contributed by atoms with Crippen LogP contribution in [0, 0.1) is 0 Å². The molecule has 4 aromatic rings. The third-order valence-electron chi connectivity index (χ3n) is 3.75. The number of fused-ring (bicyclic) bond motifs is 1. The molecule has 5 nitrogen and oxygen atoms in total. The molecule has 0 saturated carbocycles. The summed E-state index contributed by atoms with van der Waals surface area (Å²) in [4.78, 5) is 18.9. The van der Waals surface area contributed by atoms with E-state index >= 15 is 0 Å². The summed E-state index contributed by atoms with van der Waals surface area (Å²) in [5.74, 6) is -0.597. The standard InChI is InChI=1S/C18H11BrN2O3/c19-11-7-5-10(6-8-11)17-21-15(18(22)23)16(24-17)13-9-20-14-4-2-1-3-12(13)14/h1-9,20H,(H,22,23). The smallest absolute Gasteiger partial charge is 0.358 e. The third-order valence-corrected chi connectivity index (χ3v) is 4.28. The van der Waals surface area contributed by atoms with Crippen molar-refractivity contribution in [3.05, 3.63) is 64.9 Å². The molecule has 0 aliphatic rings. The van der Waals surface area contributed by atoms with E-state index in [0.717, 1.165) is 15.4 Å². The molecular weight excluding hydrogens is 372 g/mol. The van der Waals surface area contributed by atoms with Crippen molar-refractivity contribution < 1.29 is 14.3 Å². The molecule has 6 heteroatoms. The van der Waals surface area contributed by atoms with Crippen molar-refractivity contribution in [2.45, 2.75) is 0 Å². The van der Waals surface area contributed by atoms with Crippen molar-refractivity contribution in [3.8, 4) is 22.8 Å². The van der Waals surface area contributed by atoms with Crippen LogP contribution in [-0.4, -0.2) is 21.0 Å². The number of carbonyl (C=O) groups is 1. The van der Waals surface area contributed by atoms with Crippen LogP contribution < -0.4 is 0 Å². The number of para-hydroxylation sites is 1. The minimum absolute atomic E-state index is 0.0994. The number of benzene rings is 2. The molecular formula is C18H11BrN2O3. The first-order valence-corrected chi connectivity index (χ1v) is 7.99. The molecule has 2 aromatic carbocycles. The highest BCUT2D eigenvalue weighted by molar-refractivity contribution is 9.10. The van der Waals surface area contributed by atoms with Crippen LogP contribution in [0.25, 0.3) is 33.7 Å². The molecule has 118 valence electrons. The van der Waals surface area contributed by atoms with E-state index in [4.69, 9.17) is 4.42 Å². The van der Waals surface area contributed by atoms with Crippen molar-refractivity contribution in [1.29, 1.82) is 0 Å². The van der Waals surface area contributed by atoms with Gasteiger partial charge in [0, 0.05) is 32.7 Å². The second kappa shape index (κ2) is 5.65. The van der Waals surface area contributed by atoms with Gasteiger partial charge in [-0.05, 0) is 30.3 Å². The van der Waals surface area contributed by atoms with Crippen LogP contribution >= 0.6 is 15.9 Å². The molecule has 0 spiro atoms. The number of aromatic carboxylic acids is 1. The molecule has 0 unspecified atom stereocenters.